The lowest BCUT2D eigenvalue weighted by Crippen LogP contribution is -2.33. The standard InChI is InChI=1S/C17H25N5O3S/c1-21(2)12-20-26(23,24)16-9-14(18)6-7-15(16)13-10-19-22(11-13)17-5-3-4-8-25-17/h6-7,9-11,17,20H,3-5,8,12,18H2,1-2H3. The minimum absolute atomic E-state index is 0.0989. The van der Waals surface area contributed by atoms with Crippen molar-refractivity contribution in [3.05, 3.63) is 30.6 Å². The molecular weight excluding hydrogens is 354 g/mol. The minimum atomic E-state index is -3.71. The number of aromatic nitrogens is 2. The number of nitrogen functional groups attached to an aromatic ring is 1. The SMILES string of the molecule is CN(C)CNS(=O)(=O)c1cc(N)ccc1-c1cnn(C2CCCCO2)c1. The number of benzene rings is 1. The Morgan fingerprint density at radius 2 is 2.19 bits per heavy atom. The molecule has 8 nitrogen and oxygen atoms in total. The van der Waals surface area contributed by atoms with Crippen LogP contribution in [0.5, 0.6) is 0 Å². The van der Waals surface area contributed by atoms with Crippen molar-refractivity contribution < 1.29 is 13.2 Å². The summed E-state index contributed by atoms with van der Waals surface area (Å²) in [5, 5.41) is 4.37. The molecule has 2 heterocycles. The third kappa shape index (κ3) is 4.24. The Kier molecular flexibility index (Phi) is 5.61. The van der Waals surface area contributed by atoms with Crippen molar-refractivity contribution in [2.75, 3.05) is 33.1 Å². The molecule has 26 heavy (non-hydrogen) atoms. The molecule has 0 bridgehead atoms. The van der Waals surface area contributed by atoms with Crippen molar-refractivity contribution >= 4 is 15.7 Å². The van der Waals surface area contributed by atoms with Gasteiger partial charge in [0.05, 0.1) is 17.8 Å². The van der Waals surface area contributed by atoms with Gasteiger partial charge in [-0.2, -0.15) is 9.82 Å². The summed E-state index contributed by atoms with van der Waals surface area (Å²) in [7, 11) is -0.135. The maximum Gasteiger partial charge on any atom is 0.242 e. The first-order valence-corrected chi connectivity index (χ1v) is 10.1. The highest BCUT2D eigenvalue weighted by atomic mass is 32.2. The van der Waals surface area contributed by atoms with Crippen LogP contribution in [0.25, 0.3) is 11.1 Å². The predicted octanol–water partition coefficient (Wildman–Crippen LogP) is 1.63. The van der Waals surface area contributed by atoms with Crippen molar-refractivity contribution in [1.29, 1.82) is 0 Å². The van der Waals surface area contributed by atoms with E-state index in [0.29, 0.717) is 16.8 Å². The van der Waals surface area contributed by atoms with E-state index in [-0.39, 0.29) is 17.8 Å². The van der Waals surface area contributed by atoms with Crippen LogP contribution in [-0.2, 0) is 14.8 Å². The number of anilines is 1. The van der Waals surface area contributed by atoms with E-state index in [9.17, 15) is 8.42 Å². The van der Waals surface area contributed by atoms with Crippen LogP contribution in [0.3, 0.4) is 0 Å². The first kappa shape index (κ1) is 18.8. The van der Waals surface area contributed by atoms with E-state index in [4.69, 9.17) is 10.5 Å². The number of sulfonamides is 1. The molecule has 1 saturated heterocycles. The van der Waals surface area contributed by atoms with Crippen LogP contribution in [0.2, 0.25) is 0 Å². The molecule has 142 valence electrons. The van der Waals surface area contributed by atoms with Gasteiger partial charge >= 0.3 is 0 Å². The number of hydrogen-bond acceptors (Lipinski definition) is 6. The summed E-state index contributed by atoms with van der Waals surface area (Å²) in [6.45, 7) is 0.918. The van der Waals surface area contributed by atoms with Gasteiger partial charge in [0.25, 0.3) is 0 Å². The molecule has 0 saturated carbocycles. The zero-order chi connectivity index (χ0) is 18.7. The number of nitrogens with zero attached hydrogens (tertiary/aromatic N) is 3. The lowest BCUT2D eigenvalue weighted by atomic mass is 10.1. The smallest absolute Gasteiger partial charge is 0.242 e. The summed E-state index contributed by atoms with van der Waals surface area (Å²) in [5.74, 6) is 0. The molecule has 1 unspecified atom stereocenters. The van der Waals surface area contributed by atoms with Gasteiger partial charge in [-0.05, 0) is 45.5 Å². The lowest BCUT2D eigenvalue weighted by molar-refractivity contribution is -0.0394. The average Bonchev–Trinajstić information content (AvgIpc) is 3.11. The van der Waals surface area contributed by atoms with Crippen LogP contribution < -0.4 is 10.5 Å². The van der Waals surface area contributed by atoms with Gasteiger partial charge in [-0.1, -0.05) is 6.07 Å². The minimum Gasteiger partial charge on any atom is -0.399 e. The first-order chi connectivity index (χ1) is 12.4. The van der Waals surface area contributed by atoms with Gasteiger partial charge in [-0.25, -0.2) is 13.1 Å². The Labute approximate surface area is 154 Å². The second-order valence-corrected chi connectivity index (χ2v) is 8.41. The first-order valence-electron chi connectivity index (χ1n) is 8.57. The maximum atomic E-state index is 12.7. The highest BCUT2D eigenvalue weighted by Gasteiger charge is 2.22. The van der Waals surface area contributed by atoms with Crippen LogP contribution >= 0.6 is 0 Å². The molecule has 2 aromatic rings. The second kappa shape index (κ2) is 7.75. The van der Waals surface area contributed by atoms with E-state index in [0.717, 1.165) is 25.9 Å². The molecule has 1 aromatic carbocycles. The zero-order valence-corrected chi connectivity index (χ0v) is 15.9. The molecular formula is C17H25N5O3S. The molecule has 3 rings (SSSR count). The molecule has 0 radical (unpaired) electrons. The van der Waals surface area contributed by atoms with Gasteiger partial charge in [0, 0.05) is 29.6 Å². The molecule has 1 atom stereocenters. The number of rotatable bonds is 6. The normalized spacial score (nSPS) is 18.3. The number of nitrogens with one attached hydrogen (secondary N) is 1. The molecule has 3 N–H and O–H groups in total. The fourth-order valence-corrected chi connectivity index (χ4v) is 4.21. The van der Waals surface area contributed by atoms with E-state index in [1.165, 1.54) is 6.07 Å². The van der Waals surface area contributed by atoms with E-state index < -0.39 is 10.0 Å². The summed E-state index contributed by atoms with van der Waals surface area (Å²) in [5.41, 5.74) is 7.50. The molecule has 1 aromatic heterocycles. The largest absolute Gasteiger partial charge is 0.399 e. The fourth-order valence-electron chi connectivity index (χ4n) is 2.86. The van der Waals surface area contributed by atoms with Gasteiger partial charge in [0.15, 0.2) is 0 Å². The third-order valence-corrected chi connectivity index (χ3v) is 5.66. The maximum absolute atomic E-state index is 12.7. The summed E-state index contributed by atoms with van der Waals surface area (Å²) >= 11 is 0. The Bertz CT molecular complexity index is 857. The van der Waals surface area contributed by atoms with Gasteiger partial charge in [-0.15, -0.1) is 0 Å². The van der Waals surface area contributed by atoms with Crippen LogP contribution in [0, 0.1) is 0 Å². The van der Waals surface area contributed by atoms with Crippen LogP contribution in [-0.4, -0.2) is 50.5 Å². The fraction of sp³-hybridized carbons (Fsp3) is 0.471. The van der Waals surface area contributed by atoms with Crippen molar-refractivity contribution in [1.82, 2.24) is 19.4 Å². The monoisotopic (exact) mass is 379 g/mol. The van der Waals surface area contributed by atoms with Crippen molar-refractivity contribution in [3.63, 3.8) is 0 Å². The Hall–Kier alpha value is -1.94. The summed E-state index contributed by atoms with van der Waals surface area (Å²) in [6.07, 6.45) is 6.44. The van der Waals surface area contributed by atoms with E-state index >= 15 is 0 Å². The topological polar surface area (TPSA) is 102 Å². The molecule has 0 spiro atoms. The zero-order valence-electron chi connectivity index (χ0n) is 15.1. The Morgan fingerprint density at radius 1 is 1.38 bits per heavy atom. The quantitative estimate of drug-likeness (QED) is 0.584. The number of ether oxygens (including phenoxy) is 1. The average molecular weight is 379 g/mol. The Morgan fingerprint density at radius 3 is 2.88 bits per heavy atom. The van der Waals surface area contributed by atoms with Gasteiger partial charge in [0.2, 0.25) is 10.0 Å². The number of nitrogens with two attached hydrogens (primary N) is 1. The van der Waals surface area contributed by atoms with E-state index in [2.05, 4.69) is 9.82 Å². The van der Waals surface area contributed by atoms with E-state index in [1.807, 2.05) is 6.20 Å². The van der Waals surface area contributed by atoms with Gasteiger partial charge in [0.1, 0.15) is 6.23 Å². The number of hydrogen-bond donors (Lipinski definition) is 2. The van der Waals surface area contributed by atoms with E-state index in [1.54, 1.807) is 42.0 Å². The molecule has 1 fully saturated rings. The summed E-state index contributed by atoms with van der Waals surface area (Å²) in [6, 6.07) is 4.87. The van der Waals surface area contributed by atoms with Gasteiger partial charge < -0.3 is 10.5 Å². The predicted molar refractivity (Wildman–Crippen MR) is 99.8 cm³/mol. The molecule has 0 amide bonds. The van der Waals surface area contributed by atoms with Crippen LogP contribution in [0.4, 0.5) is 5.69 Å². The highest BCUT2D eigenvalue weighted by molar-refractivity contribution is 7.89. The highest BCUT2D eigenvalue weighted by Crippen LogP contribution is 2.30. The van der Waals surface area contributed by atoms with Crippen LogP contribution in [0.15, 0.2) is 35.5 Å². The van der Waals surface area contributed by atoms with Gasteiger partial charge in [-0.3, -0.25) is 4.90 Å². The Balaban J connectivity index is 1.94. The molecule has 0 aliphatic carbocycles. The van der Waals surface area contributed by atoms with Crippen molar-refractivity contribution in [3.8, 4) is 11.1 Å². The van der Waals surface area contributed by atoms with Crippen molar-refractivity contribution in [2.24, 2.45) is 0 Å². The third-order valence-electron chi connectivity index (χ3n) is 4.23. The van der Waals surface area contributed by atoms with Crippen molar-refractivity contribution in [2.45, 2.75) is 30.4 Å². The van der Waals surface area contributed by atoms with Crippen LogP contribution in [0.1, 0.15) is 25.5 Å². The second-order valence-electron chi connectivity index (χ2n) is 6.67. The molecule has 9 heteroatoms. The lowest BCUT2D eigenvalue weighted by Gasteiger charge is -2.22. The summed E-state index contributed by atoms with van der Waals surface area (Å²) < 4.78 is 35.6. The summed E-state index contributed by atoms with van der Waals surface area (Å²) in [4.78, 5) is 1.88. The molecule has 1 aliphatic rings. The molecule has 1 aliphatic heterocycles.